The molecule has 0 amide bonds. The van der Waals surface area contributed by atoms with Gasteiger partial charge in [0.25, 0.3) is 0 Å². The highest BCUT2D eigenvalue weighted by molar-refractivity contribution is 6.77. The third-order valence-electron chi connectivity index (χ3n) is 3.13. The summed E-state index contributed by atoms with van der Waals surface area (Å²) in [5.74, 6) is 0.752. The van der Waals surface area contributed by atoms with Gasteiger partial charge in [0, 0.05) is 0 Å². The molecule has 10 heteroatoms. The van der Waals surface area contributed by atoms with Gasteiger partial charge in [-0.25, -0.2) is 9.98 Å². The summed E-state index contributed by atoms with van der Waals surface area (Å²) in [7, 11) is 0. The van der Waals surface area contributed by atoms with Crippen molar-refractivity contribution in [3.63, 3.8) is 0 Å². The van der Waals surface area contributed by atoms with E-state index >= 15 is 0 Å². The molecule has 0 saturated heterocycles. The molecule has 1 N–H and O–H groups in total. The van der Waals surface area contributed by atoms with Crippen molar-refractivity contribution in [3.05, 3.63) is 35.9 Å². The van der Waals surface area contributed by atoms with E-state index in [0.29, 0.717) is 6.61 Å². The molecule has 136 valence electrons. The minimum atomic E-state index is -1.91. The standard InChI is InChI=1S/C15H13Cl6N3O/c1-2-25-11-5-3-10(4-6-11)7-8-13(15(19,20)21)23-9-22-12(24-13)14(16,17)18/h3-9H,2H2,1H3,(H,22,23,24). The Morgan fingerprint density at radius 1 is 1.12 bits per heavy atom. The Kier molecular flexibility index (Phi) is 6.80. The minimum Gasteiger partial charge on any atom is -0.494 e. The van der Waals surface area contributed by atoms with Crippen molar-refractivity contribution < 1.29 is 4.74 Å². The summed E-state index contributed by atoms with van der Waals surface area (Å²) in [5.41, 5.74) is -0.753. The first kappa shape index (κ1) is 20.9. The Labute approximate surface area is 175 Å². The molecule has 1 atom stereocenters. The largest absolute Gasteiger partial charge is 0.494 e. The van der Waals surface area contributed by atoms with Crippen LogP contribution in [0.15, 0.2) is 40.3 Å². The lowest BCUT2D eigenvalue weighted by atomic mass is 10.1. The molecule has 0 bridgehead atoms. The molecule has 1 aliphatic rings. The van der Waals surface area contributed by atoms with E-state index in [4.69, 9.17) is 74.3 Å². The van der Waals surface area contributed by atoms with Crippen molar-refractivity contribution >= 4 is 87.9 Å². The highest BCUT2D eigenvalue weighted by Gasteiger charge is 2.49. The Bertz CT molecular complexity index is 691. The number of aliphatic imine (C=N–C) groups is 2. The predicted octanol–water partition coefficient (Wildman–Crippen LogP) is 5.57. The van der Waals surface area contributed by atoms with Crippen LogP contribution in [0.5, 0.6) is 5.75 Å². The average molecular weight is 464 g/mol. The van der Waals surface area contributed by atoms with Gasteiger partial charge >= 0.3 is 0 Å². The molecule has 0 aliphatic carbocycles. The molecule has 1 aliphatic heterocycles. The number of halogens is 6. The molecule has 1 aromatic carbocycles. The lowest BCUT2D eigenvalue weighted by Crippen LogP contribution is -2.47. The molecule has 0 spiro atoms. The number of amidine groups is 1. The Morgan fingerprint density at radius 3 is 2.28 bits per heavy atom. The number of nitrogens with one attached hydrogen (secondary N) is 1. The van der Waals surface area contributed by atoms with Crippen molar-refractivity contribution in [2.24, 2.45) is 9.98 Å². The first-order chi connectivity index (χ1) is 11.6. The smallest absolute Gasteiger partial charge is 0.247 e. The fourth-order valence-corrected chi connectivity index (χ4v) is 2.69. The summed E-state index contributed by atoms with van der Waals surface area (Å²) in [4.78, 5) is 8.37. The van der Waals surface area contributed by atoms with E-state index in [1.807, 2.05) is 31.2 Å². The van der Waals surface area contributed by atoms with E-state index in [2.05, 4.69) is 15.3 Å². The molecule has 0 aromatic heterocycles. The van der Waals surface area contributed by atoms with E-state index in [9.17, 15) is 0 Å². The van der Waals surface area contributed by atoms with Gasteiger partial charge in [0.2, 0.25) is 13.2 Å². The van der Waals surface area contributed by atoms with E-state index in [1.165, 1.54) is 12.4 Å². The number of nitrogens with zero attached hydrogens (tertiary/aromatic N) is 2. The second kappa shape index (κ2) is 8.12. The zero-order valence-electron chi connectivity index (χ0n) is 12.8. The molecule has 4 nitrogen and oxygen atoms in total. The molecular formula is C15H13Cl6N3O. The molecule has 25 heavy (non-hydrogen) atoms. The van der Waals surface area contributed by atoms with Gasteiger partial charge in [-0.2, -0.15) is 0 Å². The van der Waals surface area contributed by atoms with Gasteiger partial charge in [0.05, 0.1) is 12.9 Å². The van der Waals surface area contributed by atoms with Crippen molar-refractivity contribution in [3.8, 4) is 5.75 Å². The SMILES string of the molecule is CCOc1ccc(C=CC2(C(Cl)(Cl)Cl)N=CNC(C(Cl)(Cl)Cl)=N2)cc1. The monoisotopic (exact) mass is 461 g/mol. The van der Waals surface area contributed by atoms with Crippen LogP contribution in [0, 0.1) is 0 Å². The van der Waals surface area contributed by atoms with Crippen LogP contribution < -0.4 is 10.1 Å². The Hall–Kier alpha value is -0.360. The number of rotatable bonds is 4. The number of alkyl halides is 6. The van der Waals surface area contributed by atoms with Gasteiger partial charge < -0.3 is 10.1 Å². The summed E-state index contributed by atoms with van der Waals surface area (Å²) in [5, 5.41) is 2.64. The highest BCUT2D eigenvalue weighted by Crippen LogP contribution is 2.45. The Balaban J connectivity index is 2.37. The molecule has 1 unspecified atom stereocenters. The maximum atomic E-state index is 6.10. The average Bonchev–Trinajstić information content (AvgIpc) is 2.53. The van der Waals surface area contributed by atoms with Crippen molar-refractivity contribution in [1.82, 2.24) is 5.32 Å². The van der Waals surface area contributed by atoms with Crippen molar-refractivity contribution in [2.45, 2.75) is 20.2 Å². The maximum absolute atomic E-state index is 6.10. The van der Waals surface area contributed by atoms with Crippen LogP contribution in [-0.2, 0) is 0 Å². The zero-order valence-corrected chi connectivity index (χ0v) is 17.4. The van der Waals surface area contributed by atoms with Gasteiger partial charge in [0.15, 0.2) is 5.84 Å². The van der Waals surface area contributed by atoms with Crippen LogP contribution in [-0.4, -0.2) is 32.0 Å². The van der Waals surface area contributed by atoms with Gasteiger partial charge in [-0.15, -0.1) is 0 Å². The predicted molar refractivity (Wildman–Crippen MR) is 109 cm³/mol. The second-order valence-electron chi connectivity index (χ2n) is 4.92. The van der Waals surface area contributed by atoms with Crippen LogP contribution in [0.25, 0.3) is 6.08 Å². The van der Waals surface area contributed by atoms with E-state index in [-0.39, 0.29) is 5.84 Å². The topological polar surface area (TPSA) is 46.0 Å². The highest BCUT2D eigenvalue weighted by atomic mass is 35.6. The summed E-state index contributed by atoms with van der Waals surface area (Å²) in [6.45, 7) is 2.50. The zero-order chi connectivity index (χ0) is 18.7. The third kappa shape index (κ3) is 5.31. The van der Waals surface area contributed by atoms with E-state index < -0.39 is 13.2 Å². The van der Waals surface area contributed by atoms with Crippen LogP contribution in [0.1, 0.15) is 12.5 Å². The lowest BCUT2D eigenvalue weighted by molar-refractivity contribution is 0.340. The molecule has 0 fully saturated rings. The second-order valence-corrected chi connectivity index (χ2v) is 9.48. The third-order valence-corrected chi connectivity index (χ3v) is 4.50. The minimum absolute atomic E-state index is 0.00447. The molecule has 1 heterocycles. The molecule has 0 radical (unpaired) electrons. The molecule has 0 saturated carbocycles. The van der Waals surface area contributed by atoms with Crippen LogP contribution in [0.4, 0.5) is 0 Å². The first-order valence-corrected chi connectivity index (χ1v) is 9.30. The molecule has 2 rings (SSSR count). The van der Waals surface area contributed by atoms with Gasteiger partial charge in [-0.05, 0) is 30.7 Å². The Morgan fingerprint density at radius 2 is 1.76 bits per heavy atom. The van der Waals surface area contributed by atoms with Crippen LogP contribution in [0.3, 0.4) is 0 Å². The summed E-state index contributed by atoms with van der Waals surface area (Å²) in [6.07, 6.45) is 4.51. The van der Waals surface area contributed by atoms with Crippen LogP contribution >= 0.6 is 69.6 Å². The number of hydrogen-bond acceptors (Lipinski definition) is 4. The van der Waals surface area contributed by atoms with Crippen LogP contribution in [0.2, 0.25) is 0 Å². The molecular weight excluding hydrogens is 451 g/mol. The summed E-state index contributed by atoms with van der Waals surface area (Å²) >= 11 is 35.9. The maximum Gasteiger partial charge on any atom is 0.247 e. The van der Waals surface area contributed by atoms with Gasteiger partial charge in [0.1, 0.15) is 5.75 Å². The van der Waals surface area contributed by atoms with E-state index in [0.717, 1.165) is 11.3 Å². The first-order valence-electron chi connectivity index (χ1n) is 7.03. The lowest BCUT2D eigenvalue weighted by Gasteiger charge is -2.33. The fraction of sp³-hybridized carbons (Fsp3) is 0.333. The summed E-state index contributed by atoms with van der Waals surface area (Å²) in [6, 6.07) is 7.34. The van der Waals surface area contributed by atoms with Crippen molar-refractivity contribution in [2.75, 3.05) is 6.61 Å². The van der Waals surface area contributed by atoms with Crippen molar-refractivity contribution in [1.29, 1.82) is 0 Å². The van der Waals surface area contributed by atoms with Gasteiger partial charge in [-0.3, -0.25) is 0 Å². The number of benzene rings is 1. The number of hydrogen-bond donors (Lipinski definition) is 1. The van der Waals surface area contributed by atoms with E-state index in [1.54, 1.807) is 6.08 Å². The molecule has 1 aromatic rings. The number of ether oxygens (including phenoxy) is 1. The fourth-order valence-electron chi connectivity index (χ4n) is 1.93. The van der Waals surface area contributed by atoms with Gasteiger partial charge in [-0.1, -0.05) is 87.8 Å². The normalized spacial score (nSPS) is 21.2. The quantitative estimate of drug-likeness (QED) is 0.594. The summed E-state index contributed by atoms with van der Waals surface area (Å²) < 4.78 is 1.67.